The van der Waals surface area contributed by atoms with Crippen LogP contribution in [0.15, 0.2) is 29.3 Å². The predicted molar refractivity (Wildman–Crippen MR) is 113 cm³/mol. The Morgan fingerprint density at radius 1 is 1.21 bits per heavy atom. The van der Waals surface area contributed by atoms with Crippen molar-refractivity contribution >= 4 is 35.6 Å². The standard InChI is InChI=1S/C18H30N4O.HI/c1-19-18(22(4)11-12-23-14-16-5-6-16)20-13-15-7-9-17(10-8-15)21(2)3;/h7-10,16H,5-6,11-14H2,1-4H3,(H,19,20);1H. The fraction of sp³-hybridized carbons (Fsp3) is 0.611. The molecule has 0 aromatic heterocycles. The maximum Gasteiger partial charge on any atom is 0.193 e. The molecule has 1 saturated carbocycles. The van der Waals surface area contributed by atoms with Gasteiger partial charge in [0.05, 0.1) is 6.61 Å². The normalized spacial score (nSPS) is 14.1. The molecule has 5 nitrogen and oxygen atoms in total. The Hall–Kier alpha value is -1.02. The van der Waals surface area contributed by atoms with Gasteiger partial charge in [0.1, 0.15) is 0 Å². The number of ether oxygens (including phenoxy) is 1. The first-order valence-electron chi connectivity index (χ1n) is 8.36. The van der Waals surface area contributed by atoms with Crippen molar-refractivity contribution < 1.29 is 4.74 Å². The monoisotopic (exact) mass is 446 g/mol. The molecule has 1 N–H and O–H groups in total. The second kappa shape index (κ2) is 10.8. The molecule has 0 saturated heterocycles. The number of hydrogen-bond donors (Lipinski definition) is 1. The van der Waals surface area contributed by atoms with Crippen molar-refractivity contribution in [1.29, 1.82) is 0 Å². The Labute approximate surface area is 163 Å². The van der Waals surface area contributed by atoms with Crippen LogP contribution in [-0.2, 0) is 11.3 Å². The molecule has 0 spiro atoms. The first-order valence-corrected chi connectivity index (χ1v) is 8.36. The molecule has 0 heterocycles. The van der Waals surface area contributed by atoms with Gasteiger partial charge in [-0.25, -0.2) is 0 Å². The van der Waals surface area contributed by atoms with Gasteiger partial charge in [0, 0.05) is 53.6 Å². The van der Waals surface area contributed by atoms with E-state index in [1.165, 1.54) is 24.1 Å². The summed E-state index contributed by atoms with van der Waals surface area (Å²) >= 11 is 0. The molecule has 0 bridgehead atoms. The second-order valence-corrected chi connectivity index (χ2v) is 6.40. The van der Waals surface area contributed by atoms with Gasteiger partial charge in [-0.15, -0.1) is 24.0 Å². The highest BCUT2D eigenvalue weighted by Gasteiger charge is 2.21. The number of anilines is 1. The van der Waals surface area contributed by atoms with Crippen molar-refractivity contribution in [2.24, 2.45) is 10.9 Å². The van der Waals surface area contributed by atoms with Crippen LogP contribution in [0.2, 0.25) is 0 Å². The topological polar surface area (TPSA) is 40.1 Å². The summed E-state index contributed by atoms with van der Waals surface area (Å²) in [6.45, 7) is 3.29. The molecule has 136 valence electrons. The second-order valence-electron chi connectivity index (χ2n) is 6.40. The predicted octanol–water partition coefficient (Wildman–Crippen LogP) is 2.80. The molecular formula is C18H31IN4O. The van der Waals surface area contributed by atoms with Gasteiger partial charge in [0.15, 0.2) is 5.96 Å². The van der Waals surface area contributed by atoms with Crippen molar-refractivity contribution in [3.63, 3.8) is 0 Å². The van der Waals surface area contributed by atoms with E-state index in [1.54, 1.807) is 0 Å². The Balaban J connectivity index is 0.00000288. The summed E-state index contributed by atoms with van der Waals surface area (Å²) in [6.07, 6.45) is 2.68. The number of halogens is 1. The number of hydrogen-bond acceptors (Lipinski definition) is 3. The number of likely N-dealkylation sites (N-methyl/N-ethyl adjacent to an activating group) is 1. The molecule has 1 aliphatic rings. The van der Waals surface area contributed by atoms with Crippen LogP contribution < -0.4 is 10.2 Å². The van der Waals surface area contributed by atoms with Gasteiger partial charge in [0.25, 0.3) is 0 Å². The zero-order chi connectivity index (χ0) is 16.7. The van der Waals surface area contributed by atoms with Gasteiger partial charge < -0.3 is 19.9 Å². The number of aliphatic imine (C=N–C) groups is 1. The molecule has 1 aliphatic carbocycles. The van der Waals surface area contributed by atoms with E-state index < -0.39 is 0 Å². The van der Waals surface area contributed by atoms with E-state index in [0.717, 1.165) is 38.2 Å². The van der Waals surface area contributed by atoms with E-state index in [-0.39, 0.29) is 24.0 Å². The van der Waals surface area contributed by atoms with Gasteiger partial charge in [-0.3, -0.25) is 4.99 Å². The summed E-state index contributed by atoms with van der Waals surface area (Å²) in [5.41, 5.74) is 2.46. The van der Waals surface area contributed by atoms with Gasteiger partial charge in [-0.1, -0.05) is 12.1 Å². The molecule has 1 aromatic rings. The lowest BCUT2D eigenvalue weighted by atomic mass is 10.2. The van der Waals surface area contributed by atoms with Crippen LogP contribution in [0.4, 0.5) is 5.69 Å². The third-order valence-corrected chi connectivity index (χ3v) is 4.10. The minimum Gasteiger partial charge on any atom is -0.379 e. The maximum atomic E-state index is 5.69. The smallest absolute Gasteiger partial charge is 0.193 e. The van der Waals surface area contributed by atoms with Crippen molar-refractivity contribution in [2.75, 3.05) is 52.8 Å². The number of nitrogens with one attached hydrogen (secondary N) is 1. The summed E-state index contributed by atoms with van der Waals surface area (Å²) < 4.78 is 5.69. The summed E-state index contributed by atoms with van der Waals surface area (Å²) in [5, 5.41) is 3.40. The molecule has 2 rings (SSSR count). The third-order valence-electron chi connectivity index (χ3n) is 4.10. The SMILES string of the molecule is CN=C(NCc1ccc(N(C)C)cc1)N(C)CCOCC1CC1.I. The van der Waals surface area contributed by atoms with Gasteiger partial charge >= 0.3 is 0 Å². The van der Waals surface area contributed by atoms with E-state index >= 15 is 0 Å². The number of guanidine groups is 1. The fourth-order valence-corrected chi connectivity index (χ4v) is 2.32. The lowest BCUT2D eigenvalue weighted by Gasteiger charge is -2.22. The summed E-state index contributed by atoms with van der Waals surface area (Å²) in [7, 11) is 7.97. The Kier molecular flexibility index (Phi) is 9.43. The largest absolute Gasteiger partial charge is 0.379 e. The Morgan fingerprint density at radius 3 is 2.42 bits per heavy atom. The van der Waals surface area contributed by atoms with E-state index in [2.05, 4.69) is 58.5 Å². The van der Waals surface area contributed by atoms with E-state index in [0.29, 0.717) is 0 Å². The first kappa shape index (κ1) is 21.0. The van der Waals surface area contributed by atoms with Crippen LogP contribution in [0.3, 0.4) is 0 Å². The molecule has 0 amide bonds. The highest BCUT2D eigenvalue weighted by Crippen LogP contribution is 2.28. The Bertz CT molecular complexity index is 500. The van der Waals surface area contributed by atoms with Crippen molar-refractivity contribution in [2.45, 2.75) is 19.4 Å². The lowest BCUT2D eigenvalue weighted by molar-refractivity contribution is 0.115. The molecule has 0 radical (unpaired) electrons. The van der Waals surface area contributed by atoms with Crippen LogP contribution in [-0.4, -0.2) is 58.8 Å². The Morgan fingerprint density at radius 2 is 1.88 bits per heavy atom. The van der Waals surface area contributed by atoms with Crippen molar-refractivity contribution in [3.05, 3.63) is 29.8 Å². The zero-order valence-electron chi connectivity index (χ0n) is 15.3. The van der Waals surface area contributed by atoms with E-state index in [4.69, 9.17) is 4.74 Å². The lowest BCUT2D eigenvalue weighted by Crippen LogP contribution is -2.40. The van der Waals surface area contributed by atoms with Crippen LogP contribution >= 0.6 is 24.0 Å². The van der Waals surface area contributed by atoms with Gasteiger partial charge in [0.2, 0.25) is 0 Å². The highest BCUT2D eigenvalue weighted by molar-refractivity contribution is 14.0. The molecule has 0 atom stereocenters. The van der Waals surface area contributed by atoms with E-state index in [1.807, 2.05) is 14.1 Å². The summed E-state index contributed by atoms with van der Waals surface area (Å²) in [4.78, 5) is 8.56. The molecule has 0 aliphatic heterocycles. The summed E-state index contributed by atoms with van der Waals surface area (Å²) in [5.74, 6) is 1.72. The first-order chi connectivity index (χ1) is 11.1. The van der Waals surface area contributed by atoms with Gasteiger partial charge in [-0.2, -0.15) is 0 Å². The maximum absolute atomic E-state index is 5.69. The summed E-state index contributed by atoms with van der Waals surface area (Å²) in [6, 6.07) is 8.56. The van der Waals surface area contributed by atoms with Crippen LogP contribution in [0.5, 0.6) is 0 Å². The number of nitrogens with zero attached hydrogens (tertiary/aromatic N) is 3. The minimum atomic E-state index is 0. The minimum absolute atomic E-state index is 0. The molecule has 1 aromatic carbocycles. The fourth-order valence-electron chi connectivity index (χ4n) is 2.32. The van der Waals surface area contributed by atoms with Crippen molar-refractivity contribution in [3.8, 4) is 0 Å². The van der Waals surface area contributed by atoms with Crippen molar-refractivity contribution in [1.82, 2.24) is 10.2 Å². The number of benzene rings is 1. The van der Waals surface area contributed by atoms with E-state index in [9.17, 15) is 0 Å². The van der Waals surface area contributed by atoms with Crippen LogP contribution in [0.25, 0.3) is 0 Å². The quantitative estimate of drug-likeness (QED) is 0.289. The molecular weight excluding hydrogens is 415 g/mol. The molecule has 6 heteroatoms. The van der Waals surface area contributed by atoms with Gasteiger partial charge in [-0.05, 0) is 36.5 Å². The van der Waals surface area contributed by atoms with Crippen LogP contribution in [0.1, 0.15) is 18.4 Å². The van der Waals surface area contributed by atoms with Crippen LogP contribution in [0, 0.1) is 5.92 Å². The highest BCUT2D eigenvalue weighted by atomic mass is 127. The molecule has 24 heavy (non-hydrogen) atoms. The average Bonchev–Trinajstić information content (AvgIpc) is 3.37. The average molecular weight is 446 g/mol. The molecule has 0 unspecified atom stereocenters. The third kappa shape index (κ3) is 7.25. The molecule has 1 fully saturated rings. The number of rotatable bonds is 8. The zero-order valence-corrected chi connectivity index (χ0v) is 17.6.